The molecule has 0 aliphatic carbocycles. The van der Waals surface area contributed by atoms with E-state index in [1.807, 2.05) is 13.8 Å². The molecule has 0 aromatic rings. The summed E-state index contributed by atoms with van der Waals surface area (Å²) in [6, 6.07) is 0. The van der Waals surface area contributed by atoms with E-state index in [0.29, 0.717) is 5.92 Å². The van der Waals surface area contributed by atoms with Gasteiger partial charge in [-0.1, -0.05) is 13.8 Å². The van der Waals surface area contributed by atoms with Crippen LogP contribution in [0.3, 0.4) is 0 Å². The van der Waals surface area contributed by atoms with E-state index >= 15 is 0 Å². The summed E-state index contributed by atoms with van der Waals surface area (Å²) in [5, 5.41) is 0. The third kappa shape index (κ3) is 1.67. The van der Waals surface area contributed by atoms with E-state index in [-0.39, 0.29) is 0 Å². The largest absolute Gasteiger partial charge is 0.392 e. The van der Waals surface area contributed by atoms with Gasteiger partial charge in [0.15, 0.2) is 0 Å². The molecule has 3 nitrogen and oxygen atoms in total. The Morgan fingerprint density at radius 3 is 2.80 bits per heavy atom. The fourth-order valence-corrected chi connectivity index (χ4v) is 1.22. The third-order valence-corrected chi connectivity index (χ3v) is 1.78. The molecule has 1 atom stereocenters. The lowest BCUT2D eigenvalue weighted by Crippen LogP contribution is -2.09. The summed E-state index contributed by atoms with van der Waals surface area (Å²) >= 11 is -1.49. The predicted molar refractivity (Wildman–Crippen MR) is 40.6 cm³/mol. The molecule has 0 fully saturated rings. The lowest BCUT2D eigenvalue weighted by Gasteiger charge is -2.07. The topological polar surface area (TPSA) is 38.7 Å². The van der Waals surface area contributed by atoms with Crippen molar-refractivity contribution in [3.8, 4) is 0 Å². The maximum atomic E-state index is 10.6. The Balaban J connectivity index is 2.76. The van der Waals surface area contributed by atoms with Crippen molar-refractivity contribution in [1.29, 1.82) is 0 Å². The minimum atomic E-state index is -1.49. The first-order valence-electron chi connectivity index (χ1n) is 3.04. The highest BCUT2D eigenvalue weighted by Crippen LogP contribution is 2.06. The Morgan fingerprint density at radius 1 is 1.70 bits per heavy atom. The number of hydrogen-bond donors (Lipinski definition) is 0. The van der Waals surface area contributed by atoms with Gasteiger partial charge in [-0.05, 0) is 12.0 Å². The van der Waals surface area contributed by atoms with Crippen molar-refractivity contribution in [2.24, 2.45) is 10.3 Å². The fourth-order valence-electron chi connectivity index (χ4n) is 0.581. The average molecular weight is 159 g/mol. The maximum Gasteiger partial charge on any atom is 0.338 e. The lowest BCUT2D eigenvalue weighted by molar-refractivity contribution is 0.504. The van der Waals surface area contributed by atoms with Gasteiger partial charge in [0, 0.05) is 0 Å². The maximum absolute atomic E-state index is 10.6. The second-order valence-corrected chi connectivity index (χ2v) is 3.10. The molecule has 0 radical (unpaired) electrons. The zero-order chi connectivity index (χ0) is 7.56. The summed E-state index contributed by atoms with van der Waals surface area (Å²) in [6.07, 6.45) is 3.14. The van der Waals surface area contributed by atoms with E-state index in [9.17, 15) is 4.21 Å². The molecule has 1 aliphatic rings. The van der Waals surface area contributed by atoms with Crippen molar-refractivity contribution in [3.05, 3.63) is 12.3 Å². The highest BCUT2D eigenvalue weighted by atomic mass is 32.2. The standard InChI is InChI=1S/C6H9NO2S/c1-5(2)6-3-4-9-10(8)7-6/h3-5H,1-2H3. The van der Waals surface area contributed by atoms with E-state index in [2.05, 4.69) is 8.58 Å². The van der Waals surface area contributed by atoms with E-state index in [4.69, 9.17) is 0 Å². The van der Waals surface area contributed by atoms with Gasteiger partial charge in [0.25, 0.3) is 0 Å². The van der Waals surface area contributed by atoms with Crippen LogP contribution >= 0.6 is 0 Å². The van der Waals surface area contributed by atoms with Crippen molar-refractivity contribution in [1.82, 2.24) is 0 Å². The van der Waals surface area contributed by atoms with Gasteiger partial charge < -0.3 is 4.18 Å². The molecule has 0 aromatic heterocycles. The molecular weight excluding hydrogens is 150 g/mol. The van der Waals surface area contributed by atoms with Crippen LogP contribution in [0.15, 0.2) is 16.7 Å². The zero-order valence-electron chi connectivity index (χ0n) is 5.90. The van der Waals surface area contributed by atoms with Gasteiger partial charge in [0.05, 0.1) is 5.71 Å². The van der Waals surface area contributed by atoms with Gasteiger partial charge in [-0.3, -0.25) is 0 Å². The molecule has 0 spiro atoms. The fraction of sp³-hybridized carbons (Fsp3) is 0.500. The Morgan fingerprint density at radius 2 is 2.40 bits per heavy atom. The third-order valence-electron chi connectivity index (χ3n) is 1.15. The Labute approximate surface area is 62.6 Å². The van der Waals surface area contributed by atoms with E-state index in [1.165, 1.54) is 6.26 Å². The summed E-state index contributed by atoms with van der Waals surface area (Å²) in [7, 11) is 0. The summed E-state index contributed by atoms with van der Waals surface area (Å²) < 4.78 is 19.0. The summed E-state index contributed by atoms with van der Waals surface area (Å²) in [6.45, 7) is 3.98. The van der Waals surface area contributed by atoms with Crippen LogP contribution < -0.4 is 0 Å². The Kier molecular flexibility index (Phi) is 2.21. The van der Waals surface area contributed by atoms with Crippen molar-refractivity contribution < 1.29 is 8.39 Å². The summed E-state index contributed by atoms with van der Waals surface area (Å²) in [5.41, 5.74) is 0.824. The Bertz CT molecular complexity index is 208. The van der Waals surface area contributed by atoms with Crippen LogP contribution in [0.4, 0.5) is 0 Å². The molecule has 4 heteroatoms. The molecule has 1 unspecified atom stereocenters. The molecule has 10 heavy (non-hydrogen) atoms. The summed E-state index contributed by atoms with van der Waals surface area (Å²) in [4.78, 5) is 0. The minimum absolute atomic E-state index is 0.309. The summed E-state index contributed by atoms with van der Waals surface area (Å²) in [5.74, 6) is 0.309. The van der Waals surface area contributed by atoms with Crippen LogP contribution in [0.5, 0.6) is 0 Å². The van der Waals surface area contributed by atoms with Crippen LogP contribution in [-0.4, -0.2) is 9.92 Å². The van der Waals surface area contributed by atoms with Crippen LogP contribution in [0.1, 0.15) is 13.8 Å². The molecule has 0 saturated carbocycles. The predicted octanol–water partition coefficient (Wildman–Crippen LogP) is 1.21. The van der Waals surface area contributed by atoms with Crippen molar-refractivity contribution in [2.45, 2.75) is 13.8 Å². The van der Waals surface area contributed by atoms with Crippen LogP contribution in [0.2, 0.25) is 0 Å². The lowest BCUT2D eigenvalue weighted by atomic mass is 10.1. The second-order valence-electron chi connectivity index (χ2n) is 2.29. The molecule has 56 valence electrons. The van der Waals surface area contributed by atoms with Crippen LogP contribution in [0, 0.1) is 5.92 Å². The number of nitrogens with zero attached hydrogens (tertiary/aromatic N) is 1. The first-order valence-corrected chi connectivity index (χ1v) is 4.07. The van der Waals surface area contributed by atoms with E-state index < -0.39 is 11.3 Å². The van der Waals surface area contributed by atoms with Gasteiger partial charge in [-0.15, -0.1) is 0 Å². The molecule has 1 heterocycles. The monoisotopic (exact) mass is 159 g/mol. The zero-order valence-corrected chi connectivity index (χ0v) is 6.72. The van der Waals surface area contributed by atoms with Crippen LogP contribution in [0.25, 0.3) is 0 Å². The first kappa shape index (κ1) is 7.47. The highest BCUT2D eigenvalue weighted by Gasteiger charge is 2.08. The number of hydrogen-bond acceptors (Lipinski definition) is 2. The highest BCUT2D eigenvalue weighted by molar-refractivity contribution is 7.79. The normalized spacial score (nSPS) is 24.3. The van der Waals surface area contributed by atoms with E-state index in [0.717, 1.165) is 5.71 Å². The van der Waals surface area contributed by atoms with Gasteiger partial charge in [0.1, 0.15) is 6.26 Å². The molecule has 0 aromatic carbocycles. The molecule has 0 saturated heterocycles. The molecular formula is C6H9NO2S. The molecule has 1 rings (SSSR count). The van der Waals surface area contributed by atoms with Gasteiger partial charge in [-0.25, -0.2) is 0 Å². The number of allylic oxidation sites excluding steroid dienone is 1. The Hall–Kier alpha value is -0.640. The van der Waals surface area contributed by atoms with Crippen molar-refractivity contribution >= 4 is 17.0 Å². The molecule has 0 amide bonds. The van der Waals surface area contributed by atoms with E-state index in [1.54, 1.807) is 6.08 Å². The number of rotatable bonds is 1. The minimum Gasteiger partial charge on any atom is -0.392 e. The first-order chi connectivity index (χ1) is 4.70. The molecule has 1 aliphatic heterocycles. The van der Waals surface area contributed by atoms with Gasteiger partial charge in [-0.2, -0.15) is 8.61 Å². The smallest absolute Gasteiger partial charge is 0.338 e. The second kappa shape index (κ2) is 2.96. The molecule has 0 bridgehead atoms. The van der Waals surface area contributed by atoms with Crippen molar-refractivity contribution in [2.75, 3.05) is 0 Å². The van der Waals surface area contributed by atoms with Gasteiger partial charge in [0.2, 0.25) is 0 Å². The quantitative estimate of drug-likeness (QED) is 0.576. The SMILES string of the molecule is CC(C)C1=NS(=O)OC=C1. The van der Waals surface area contributed by atoms with Crippen LogP contribution in [-0.2, 0) is 15.4 Å². The van der Waals surface area contributed by atoms with Gasteiger partial charge >= 0.3 is 11.3 Å². The van der Waals surface area contributed by atoms with Crippen molar-refractivity contribution in [3.63, 3.8) is 0 Å². The average Bonchev–Trinajstić information content (AvgIpc) is 1.88. The molecule has 0 N–H and O–H groups in total.